The van der Waals surface area contributed by atoms with Crippen molar-refractivity contribution in [3.8, 4) is 11.5 Å². The number of amides is 3. The number of anilines is 4. The maximum absolute atomic E-state index is 12.8. The Labute approximate surface area is 360 Å². The first kappa shape index (κ1) is 43.2. The van der Waals surface area contributed by atoms with Crippen LogP contribution >= 0.6 is 22.7 Å². The second kappa shape index (κ2) is 20.6. The summed E-state index contributed by atoms with van der Waals surface area (Å²) in [6.45, 7) is 6.87. The number of hydrogen-bond donors (Lipinski definition) is 4. The monoisotopic (exact) mass is 868 g/mol. The van der Waals surface area contributed by atoms with Gasteiger partial charge in [0.1, 0.15) is 29.1 Å². The number of nitrogens with two attached hydrogens (primary N) is 1. The number of benzene rings is 4. The number of aromatic nitrogens is 2. The molecule has 61 heavy (non-hydrogen) atoms. The number of nitrogens with zero attached hydrogens (tertiary/aromatic N) is 4. The fraction of sp³-hybridized carbons (Fsp3) is 0.326. The fourth-order valence-corrected chi connectivity index (χ4v) is 8.81. The van der Waals surface area contributed by atoms with Crippen molar-refractivity contribution in [2.75, 3.05) is 101 Å². The van der Waals surface area contributed by atoms with Crippen molar-refractivity contribution in [2.45, 2.75) is 13.1 Å². The van der Waals surface area contributed by atoms with Gasteiger partial charge in [-0.05, 0) is 59.7 Å². The zero-order valence-corrected chi connectivity index (χ0v) is 35.8. The number of rotatable bonds is 13. The number of methoxy groups -OCH3 is 3. The lowest BCUT2D eigenvalue weighted by Gasteiger charge is -2.29. The Hall–Kier alpha value is -5.89. The normalized spacial score (nSPS) is 14.0. The Bertz CT molecular complexity index is 2450. The van der Waals surface area contributed by atoms with E-state index in [4.69, 9.17) is 29.4 Å². The first-order chi connectivity index (χ1) is 29.8. The molecule has 2 saturated heterocycles. The molecule has 2 aliphatic heterocycles. The van der Waals surface area contributed by atoms with E-state index in [1.807, 2.05) is 36.4 Å². The smallest absolute Gasteiger partial charge is 0.257 e. The molecule has 0 saturated carbocycles. The number of carbonyl (C=O) groups is 3. The Morgan fingerprint density at radius 3 is 1.51 bits per heavy atom. The minimum atomic E-state index is -0.254. The molecule has 8 rings (SSSR count). The quantitative estimate of drug-likeness (QED) is 0.114. The lowest BCUT2D eigenvalue weighted by atomic mass is 10.1. The molecule has 3 amide bonds. The zero-order valence-electron chi connectivity index (χ0n) is 34.2. The Morgan fingerprint density at radius 1 is 0.656 bits per heavy atom. The number of hydrogen-bond acceptors (Lipinski definition) is 15. The maximum atomic E-state index is 12.8. The van der Waals surface area contributed by atoms with E-state index < -0.39 is 0 Å². The number of ether oxygens (including phenoxy) is 5. The van der Waals surface area contributed by atoms with Gasteiger partial charge in [0.15, 0.2) is 10.3 Å². The topological polar surface area (TPSA) is 192 Å². The van der Waals surface area contributed by atoms with Gasteiger partial charge in [0.25, 0.3) is 11.8 Å². The van der Waals surface area contributed by atoms with E-state index in [0.29, 0.717) is 72.4 Å². The minimum absolute atomic E-state index is 0.0146. The predicted molar refractivity (Wildman–Crippen MR) is 239 cm³/mol. The lowest BCUT2D eigenvalue weighted by molar-refractivity contribution is -0.124. The van der Waals surface area contributed by atoms with E-state index in [1.54, 1.807) is 50.6 Å². The molecule has 2 fully saturated rings. The van der Waals surface area contributed by atoms with E-state index in [-0.39, 0.29) is 24.3 Å². The van der Waals surface area contributed by atoms with Gasteiger partial charge in [-0.2, -0.15) is 0 Å². The van der Waals surface area contributed by atoms with Crippen LogP contribution in [0.2, 0.25) is 0 Å². The second-order valence-electron chi connectivity index (χ2n) is 13.9. The van der Waals surface area contributed by atoms with Crippen LogP contribution in [0.3, 0.4) is 0 Å². The van der Waals surface area contributed by atoms with Gasteiger partial charge in [-0.3, -0.25) is 25.0 Å². The fourth-order valence-electron chi connectivity index (χ4n) is 6.77. The molecule has 0 unspecified atom stereocenters. The first-order valence-electron chi connectivity index (χ1n) is 19.6. The van der Waals surface area contributed by atoms with Crippen LogP contribution in [0.4, 0.5) is 21.6 Å². The van der Waals surface area contributed by atoms with Gasteiger partial charge < -0.3 is 44.5 Å². The molecule has 2 aromatic heterocycles. The predicted octanol–water partition coefficient (Wildman–Crippen LogP) is 5.51. The van der Waals surface area contributed by atoms with Crippen LogP contribution in [-0.4, -0.2) is 108 Å². The van der Waals surface area contributed by atoms with Crippen molar-refractivity contribution in [1.29, 1.82) is 0 Å². The molecule has 0 aliphatic carbocycles. The molecular weight excluding hydrogens is 821 g/mol. The molecule has 18 heteroatoms. The van der Waals surface area contributed by atoms with Gasteiger partial charge in [0.2, 0.25) is 5.91 Å². The van der Waals surface area contributed by atoms with E-state index in [9.17, 15) is 14.4 Å². The highest BCUT2D eigenvalue weighted by molar-refractivity contribution is 7.23. The van der Waals surface area contributed by atoms with E-state index in [1.165, 1.54) is 29.8 Å². The van der Waals surface area contributed by atoms with E-state index in [0.717, 1.165) is 69.1 Å². The van der Waals surface area contributed by atoms with Gasteiger partial charge >= 0.3 is 0 Å². The minimum Gasteiger partial charge on any atom is -0.494 e. The van der Waals surface area contributed by atoms with Crippen LogP contribution in [0.5, 0.6) is 11.5 Å². The summed E-state index contributed by atoms with van der Waals surface area (Å²) in [5.41, 5.74) is 12.2. The van der Waals surface area contributed by atoms with Gasteiger partial charge in [0.05, 0.1) is 61.4 Å². The first-order valence-corrected chi connectivity index (χ1v) is 21.3. The van der Waals surface area contributed by atoms with Crippen LogP contribution in [-0.2, 0) is 32.1 Å². The summed E-state index contributed by atoms with van der Waals surface area (Å²) in [5.74, 6) is 0.710. The highest BCUT2D eigenvalue weighted by atomic mass is 32.1. The summed E-state index contributed by atoms with van der Waals surface area (Å²) < 4.78 is 28.6. The van der Waals surface area contributed by atoms with Crippen LogP contribution < -0.4 is 41.0 Å². The summed E-state index contributed by atoms with van der Waals surface area (Å²) in [6.07, 6.45) is 0. The second-order valence-corrected chi connectivity index (χ2v) is 15.9. The average Bonchev–Trinajstić information content (AvgIpc) is 3.93. The van der Waals surface area contributed by atoms with Gasteiger partial charge in [-0.1, -0.05) is 46.9 Å². The number of thiazole rings is 2. The van der Waals surface area contributed by atoms with Gasteiger partial charge in [-0.15, -0.1) is 0 Å². The van der Waals surface area contributed by atoms with Crippen LogP contribution in [0, 0.1) is 0 Å². The summed E-state index contributed by atoms with van der Waals surface area (Å²) in [7, 11) is 4.71. The molecule has 0 spiro atoms. The van der Waals surface area contributed by atoms with Crippen LogP contribution in [0.15, 0.2) is 72.8 Å². The van der Waals surface area contributed by atoms with Crippen molar-refractivity contribution in [3.63, 3.8) is 0 Å². The van der Waals surface area contributed by atoms with Crippen LogP contribution in [0.25, 0.3) is 20.4 Å². The third kappa shape index (κ3) is 10.5. The standard InChI is InChI=1S/C23H26N4O5S.C20H22N4O3S/c1-30-14-19(28)24-13-15-3-5-16(6-4-15)22(29)26-23-25-20-18(31-2)8-7-17(21(20)33-23)27-9-11-32-12-10-27;1-26-16-7-6-15(24-8-10-27-11-9-24)18-17(16)22-20(28-18)23-19(25)14-4-2-13(12-21)3-5-14/h3-8H,9-14H2,1-2H3,(H,24,28)(H,25,26,29);2-7H,8-12,21H2,1H3,(H,22,23,25). The average molecular weight is 869 g/mol. The third-order valence-corrected chi connectivity index (χ3v) is 12.0. The summed E-state index contributed by atoms with van der Waals surface area (Å²) in [5, 5.41) is 9.60. The molecule has 320 valence electrons. The molecule has 4 heterocycles. The number of nitrogens with one attached hydrogen (secondary N) is 3. The highest BCUT2D eigenvalue weighted by Crippen LogP contribution is 2.41. The molecule has 0 bridgehead atoms. The summed E-state index contributed by atoms with van der Waals surface area (Å²) in [6, 6.07) is 22.2. The molecule has 0 radical (unpaired) electrons. The zero-order chi connectivity index (χ0) is 42.7. The Morgan fingerprint density at radius 2 is 1.10 bits per heavy atom. The number of carbonyl (C=O) groups excluding carboxylic acids is 3. The van der Waals surface area contributed by atoms with E-state index >= 15 is 0 Å². The molecule has 0 atom stereocenters. The van der Waals surface area contributed by atoms with Crippen molar-refractivity contribution in [1.82, 2.24) is 15.3 Å². The van der Waals surface area contributed by atoms with E-state index in [2.05, 4.69) is 35.7 Å². The number of fused-ring (bicyclic) bond motifs is 2. The molecule has 2 aliphatic rings. The molecule has 4 aromatic carbocycles. The van der Waals surface area contributed by atoms with Crippen molar-refractivity contribution >= 4 is 82.5 Å². The molecule has 5 N–H and O–H groups in total. The maximum Gasteiger partial charge on any atom is 0.257 e. The third-order valence-electron chi connectivity index (χ3n) is 9.99. The summed E-state index contributed by atoms with van der Waals surface area (Å²) in [4.78, 5) is 50.7. The van der Waals surface area contributed by atoms with Gasteiger partial charge in [-0.25, -0.2) is 9.97 Å². The molecule has 16 nitrogen and oxygen atoms in total. The Kier molecular flexibility index (Phi) is 14.6. The molecule has 6 aromatic rings. The SMILES string of the molecule is COCC(=O)NCc1ccc(C(=O)Nc2nc3c(OC)ccc(N4CCOCC4)c3s2)cc1.COc1ccc(N2CCOCC2)c2sc(NC(=O)c3ccc(CN)cc3)nc12. The van der Waals surface area contributed by atoms with Crippen LogP contribution in [0.1, 0.15) is 31.8 Å². The molecular formula is C43H48N8O8S2. The largest absolute Gasteiger partial charge is 0.494 e. The highest BCUT2D eigenvalue weighted by Gasteiger charge is 2.22. The van der Waals surface area contributed by atoms with Gasteiger partial charge in [0, 0.05) is 57.5 Å². The lowest BCUT2D eigenvalue weighted by Crippen LogP contribution is -2.36. The van der Waals surface area contributed by atoms with Crippen molar-refractivity contribution < 1.29 is 38.1 Å². The summed E-state index contributed by atoms with van der Waals surface area (Å²) >= 11 is 2.88. The van der Waals surface area contributed by atoms with Crippen molar-refractivity contribution in [3.05, 3.63) is 95.1 Å². The van der Waals surface area contributed by atoms with Crippen molar-refractivity contribution in [2.24, 2.45) is 5.73 Å². The number of morpholine rings is 2. The Balaban J connectivity index is 0.000000186.